The Morgan fingerprint density at radius 1 is 1.09 bits per heavy atom. The molecule has 4 N–H and O–H groups in total. The molecule has 6 nitrogen and oxygen atoms in total. The van der Waals surface area contributed by atoms with Crippen LogP contribution >= 0.6 is 0 Å². The molecule has 1 aromatic rings. The van der Waals surface area contributed by atoms with E-state index in [9.17, 15) is 20.4 Å². The highest BCUT2D eigenvalue weighted by molar-refractivity contribution is 5.24. The number of hydrogen-bond acceptors (Lipinski definition) is 6. The minimum absolute atomic E-state index is 0.194. The summed E-state index contributed by atoms with van der Waals surface area (Å²) >= 11 is 0. The van der Waals surface area contributed by atoms with Crippen molar-refractivity contribution in [2.45, 2.75) is 37.0 Å². The van der Waals surface area contributed by atoms with Crippen LogP contribution in [-0.4, -0.2) is 69.1 Å². The van der Waals surface area contributed by atoms with Gasteiger partial charge in [-0.2, -0.15) is 0 Å². The first-order valence-corrected chi connectivity index (χ1v) is 7.45. The van der Waals surface area contributed by atoms with Crippen molar-refractivity contribution in [2.24, 2.45) is 0 Å². The van der Waals surface area contributed by atoms with Gasteiger partial charge in [0.25, 0.3) is 0 Å². The molecule has 2 aliphatic rings. The molecule has 1 heterocycles. The summed E-state index contributed by atoms with van der Waals surface area (Å²) in [7, 11) is 0. The molecular formula is C16H21NO5. The van der Waals surface area contributed by atoms with Crippen molar-refractivity contribution in [3.63, 3.8) is 0 Å². The second kappa shape index (κ2) is 6.36. The first-order valence-electron chi connectivity index (χ1n) is 7.45. The van der Waals surface area contributed by atoms with Crippen LogP contribution in [0.1, 0.15) is 6.42 Å². The van der Waals surface area contributed by atoms with Crippen LogP contribution in [0.3, 0.4) is 0 Å². The highest BCUT2D eigenvalue weighted by atomic mass is 16.5. The lowest BCUT2D eigenvalue weighted by Gasteiger charge is -2.48. The van der Waals surface area contributed by atoms with Gasteiger partial charge >= 0.3 is 0 Å². The maximum absolute atomic E-state index is 10.2. The third kappa shape index (κ3) is 2.76. The molecule has 0 radical (unpaired) electrons. The number of rotatable bonds is 4. The Balaban J connectivity index is 1.74. The Kier molecular flexibility index (Phi) is 4.46. The molecule has 6 heteroatoms. The predicted molar refractivity (Wildman–Crippen MR) is 79.2 cm³/mol. The molecule has 22 heavy (non-hydrogen) atoms. The topological polar surface area (TPSA) is 93.4 Å². The van der Waals surface area contributed by atoms with E-state index in [1.165, 1.54) is 0 Å². The van der Waals surface area contributed by atoms with Gasteiger partial charge in [0.05, 0.1) is 12.6 Å². The SMILES string of the molecule is OCC1=C[C@H](N2CCC2Oc2ccccc2)[C@H](O)C(O)[C@@H]1O. The molecule has 5 atom stereocenters. The largest absolute Gasteiger partial charge is 0.475 e. The molecule has 0 spiro atoms. The molecule has 1 aromatic carbocycles. The predicted octanol–water partition coefficient (Wildman–Crippen LogP) is -0.519. The van der Waals surface area contributed by atoms with Gasteiger partial charge in [-0.25, -0.2) is 0 Å². The fourth-order valence-electron chi connectivity index (χ4n) is 2.97. The molecule has 0 aromatic heterocycles. The lowest BCUT2D eigenvalue weighted by molar-refractivity contribution is -0.137. The lowest BCUT2D eigenvalue weighted by atomic mass is 9.86. The molecule has 1 aliphatic carbocycles. The van der Waals surface area contributed by atoms with Crippen molar-refractivity contribution < 1.29 is 25.2 Å². The van der Waals surface area contributed by atoms with Crippen LogP contribution in [0.15, 0.2) is 42.0 Å². The van der Waals surface area contributed by atoms with Gasteiger partial charge in [-0.05, 0) is 17.7 Å². The second-order valence-electron chi connectivity index (χ2n) is 5.73. The molecule has 1 aliphatic heterocycles. The molecule has 120 valence electrons. The van der Waals surface area contributed by atoms with Crippen LogP contribution in [0.2, 0.25) is 0 Å². The number of benzene rings is 1. The number of aliphatic hydroxyl groups excluding tert-OH is 4. The summed E-state index contributed by atoms with van der Waals surface area (Å²) in [6.07, 6.45) is -1.41. The Morgan fingerprint density at radius 2 is 1.82 bits per heavy atom. The van der Waals surface area contributed by atoms with Crippen LogP contribution in [0, 0.1) is 0 Å². The highest BCUT2D eigenvalue weighted by Gasteiger charge is 2.45. The Hall–Kier alpha value is -1.44. The summed E-state index contributed by atoms with van der Waals surface area (Å²) in [5, 5.41) is 39.2. The van der Waals surface area contributed by atoms with Crippen LogP contribution in [0.4, 0.5) is 0 Å². The number of nitrogens with zero attached hydrogens (tertiary/aromatic N) is 1. The summed E-state index contributed by atoms with van der Waals surface area (Å²) in [5.74, 6) is 0.745. The lowest BCUT2D eigenvalue weighted by Crippen LogP contribution is -2.63. The molecular weight excluding hydrogens is 286 g/mol. The van der Waals surface area contributed by atoms with E-state index in [-0.39, 0.29) is 12.8 Å². The maximum atomic E-state index is 10.2. The highest BCUT2D eigenvalue weighted by Crippen LogP contribution is 2.31. The standard InChI is InChI=1S/C16H21NO5/c18-9-10-8-12(15(20)16(21)14(10)19)17-7-6-13(17)22-11-4-2-1-3-5-11/h1-5,8,12-16,18-21H,6-7,9H2/t12-,13?,14+,15-,16?/m0/s1. The van der Waals surface area contributed by atoms with Crippen LogP contribution < -0.4 is 4.74 Å². The first kappa shape index (κ1) is 15.5. The number of aliphatic hydroxyl groups is 4. The number of likely N-dealkylation sites (tertiary alicyclic amines) is 1. The van der Waals surface area contributed by atoms with E-state index in [4.69, 9.17) is 4.74 Å². The van der Waals surface area contributed by atoms with Gasteiger partial charge in [0.2, 0.25) is 0 Å². The van der Waals surface area contributed by atoms with Gasteiger partial charge in [0.15, 0.2) is 6.23 Å². The van der Waals surface area contributed by atoms with E-state index in [1.54, 1.807) is 6.08 Å². The minimum Gasteiger partial charge on any atom is -0.475 e. The van der Waals surface area contributed by atoms with Gasteiger partial charge in [0.1, 0.15) is 24.1 Å². The number of hydrogen-bond donors (Lipinski definition) is 4. The van der Waals surface area contributed by atoms with Gasteiger partial charge in [-0.15, -0.1) is 0 Å². The fourth-order valence-corrected chi connectivity index (χ4v) is 2.97. The second-order valence-corrected chi connectivity index (χ2v) is 5.73. The molecule has 1 saturated heterocycles. The van der Waals surface area contributed by atoms with Crippen LogP contribution in [0.5, 0.6) is 5.75 Å². The third-order valence-corrected chi connectivity index (χ3v) is 4.37. The Morgan fingerprint density at radius 3 is 2.41 bits per heavy atom. The van der Waals surface area contributed by atoms with Crippen molar-refractivity contribution in [3.8, 4) is 5.75 Å². The molecule has 0 saturated carbocycles. The smallest absolute Gasteiger partial charge is 0.154 e. The quantitative estimate of drug-likeness (QED) is 0.560. The molecule has 1 fully saturated rings. The summed E-state index contributed by atoms with van der Waals surface area (Å²) in [4.78, 5) is 1.92. The average molecular weight is 307 g/mol. The summed E-state index contributed by atoms with van der Waals surface area (Å²) in [5.41, 5.74) is 0.327. The molecule has 0 bridgehead atoms. The van der Waals surface area contributed by atoms with Gasteiger partial charge in [-0.1, -0.05) is 24.3 Å². The summed E-state index contributed by atoms with van der Waals surface area (Å²) in [6, 6.07) is 8.92. The fraction of sp³-hybridized carbons (Fsp3) is 0.500. The van der Waals surface area contributed by atoms with Crippen molar-refractivity contribution >= 4 is 0 Å². The molecule has 3 rings (SSSR count). The normalized spacial score (nSPS) is 35.6. The number of ether oxygens (including phenoxy) is 1. The van der Waals surface area contributed by atoms with Crippen molar-refractivity contribution in [3.05, 3.63) is 42.0 Å². The van der Waals surface area contributed by atoms with Crippen LogP contribution in [-0.2, 0) is 0 Å². The van der Waals surface area contributed by atoms with Gasteiger partial charge in [-0.3, -0.25) is 4.90 Å². The van der Waals surface area contributed by atoms with E-state index in [0.717, 1.165) is 18.7 Å². The van der Waals surface area contributed by atoms with E-state index in [2.05, 4.69) is 0 Å². The van der Waals surface area contributed by atoms with E-state index >= 15 is 0 Å². The van der Waals surface area contributed by atoms with Gasteiger partial charge < -0.3 is 25.2 Å². The Bertz CT molecular complexity index is 535. The third-order valence-electron chi connectivity index (χ3n) is 4.37. The van der Waals surface area contributed by atoms with Crippen LogP contribution in [0.25, 0.3) is 0 Å². The van der Waals surface area contributed by atoms with Crippen molar-refractivity contribution in [1.82, 2.24) is 4.90 Å². The van der Waals surface area contributed by atoms with E-state index in [0.29, 0.717) is 5.57 Å². The minimum atomic E-state index is -1.31. The Labute approximate surface area is 128 Å². The average Bonchev–Trinajstić information content (AvgIpc) is 2.53. The zero-order valence-electron chi connectivity index (χ0n) is 12.1. The van der Waals surface area contributed by atoms with Crippen molar-refractivity contribution in [2.75, 3.05) is 13.2 Å². The number of para-hydroxylation sites is 1. The summed E-state index contributed by atoms with van der Waals surface area (Å²) < 4.78 is 5.87. The zero-order chi connectivity index (χ0) is 15.7. The van der Waals surface area contributed by atoms with E-state index < -0.39 is 24.4 Å². The zero-order valence-corrected chi connectivity index (χ0v) is 12.1. The van der Waals surface area contributed by atoms with E-state index in [1.807, 2.05) is 35.2 Å². The molecule has 0 amide bonds. The first-order chi connectivity index (χ1) is 10.6. The maximum Gasteiger partial charge on any atom is 0.154 e. The van der Waals surface area contributed by atoms with Gasteiger partial charge in [0, 0.05) is 13.0 Å². The summed E-state index contributed by atoms with van der Waals surface area (Å²) in [6.45, 7) is 0.372. The molecule has 2 unspecified atom stereocenters. The monoisotopic (exact) mass is 307 g/mol. The van der Waals surface area contributed by atoms with Crippen molar-refractivity contribution in [1.29, 1.82) is 0 Å².